The SMILES string of the molecule is N#CC1=NC=COC1. The van der Waals surface area contributed by atoms with E-state index >= 15 is 0 Å². The molecule has 0 fully saturated rings. The molecule has 1 aliphatic heterocycles. The Labute approximate surface area is 46.9 Å². The number of hydrogen-bond acceptors (Lipinski definition) is 3. The van der Waals surface area contributed by atoms with E-state index in [2.05, 4.69) is 4.99 Å². The molecule has 0 unspecified atom stereocenters. The van der Waals surface area contributed by atoms with E-state index in [-0.39, 0.29) is 0 Å². The first-order valence-corrected chi connectivity index (χ1v) is 2.17. The molecular weight excluding hydrogens is 104 g/mol. The van der Waals surface area contributed by atoms with E-state index in [0.29, 0.717) is 12.3 Å². The minimum absolute atomic E-state index is 0.312. The van der Waals surface area contributed by atoms with Gasteiger partial charge >= 0.3 is 0 Å². The molecule has 0 aliphatic carbocycles. The number of nitrogens with zero attached hydrogens (tertiary/aromatic N) is 2. The van der Waals surface area contributed by atoms with Gasteiger partial charge in [0.05, 0.1) is 6.20 Å². The molecule has 3 nitrogen and oxygen atoms in total. The van der Waals surface area contributed by atoms with Crippen molar-refractivity contribution < 1.29 is 4.74 Å². The Morgan fingerprint density at radius 2 is 2.75 bits per heavy atom. The van der Waals surface area contributed by atoms with Gasteiger partial charge in [0.15, 0.2) is 5.71 Å². The van der Waals surface area contributed by atoms with Gasteiger partial charge in [-0.15, -0.1) is 0 Å². The Morgan fingerprint density at radius 3 is 3.12 bits per heavy atom. The van der Waals surface area contributed by atoms with Crippen molar-refractivity contribution in [2.24, 2.45) is 4.99 Å². The summed E-state index contributed by atoms with van der Waals surface area (Å²) in [6, 6.07) is 1.88. The van der Waals surface area contributed by atoms with E-state index in [0.717, 1.165) is 0 Å². The number of rotatable bonds is 0. The molecule has 0 saturated heterocycles. The standard InChI is InChI=1S/C5H4N2O/c6-3-5-4-8-2-1-7-5/h1-2H,4H2. The molecule has 0 aromatic carbocycles. The van der Waals surface area contributed by atoms with Crippen molar-refractivity contribution in [1.29, 1.82) is 5.26 Å². The third-order valence-electron chi connectivity index (χ3n) is 0.737. The van der Waals surface area contributed by atoms with E-state index in [9.17, 15) is 0 Å². The summed E-state index contributed by atoms with van der Waals surface area (Å²) in [5.41, 5.74) is 0.424. The summed E-state index contributed by atoms with van der Waals surface area (Å²) in [6.45, 7) is 0.312. The molecule has 0 amide bonds. The summed E-state index contributed by atoms with van der Waals surface area (Å²) in [5, 5.41) is 8.20. The molecule has 0 radical (unpaired) electrons. The minimum Gasteiger partial charge on any atom is -0.493 e. The molecule has 1 heterocycles. The van der Waals surface area contributed by atoms with Gasteiger partial charge in [0.25, 0.3) is 0 Å². The summed E-state index contributed by atoms with van der Waals surface area (Å²) in [5.74, 6) is 0. The molecule has 1 aliphatic rings. The van der Waals surface area contributed by atoms with Crippen molar-refractivity contribution in [2.75, 3.05) is 6.61 Å². The maximum atomic E-state index is 8.20. The Bertz CT molecular complexity index is 175. The zero-order chi connectivity index (χ0) is 5.82. The fourth-order valence-corrected chi connectivity index (χ4v) is 0.389. The average Bonchev–Trinajstić information content (AvgIpc) is 1.90. The second-order valence-electron chi connectivity index (χ2n) is 1.28. The van der Waals surface area contributed by atoms with Crippen LogP contribution in [0.1, 0.15) is 0 Å². The van der Waals surface area contributed by atoms with E-state index < -0.39 is 0 Å². The largest absolute Gasteiger partial charge is 0.493 e. The van der Waals surface area contributed by atoms with Gasteiger partial charge in [0, 0.05) is 0 Å². The molecule has 1 rings (SSSR count). The number of aliphatic imine (C=N–C) groups is 1. The highest BCUT2D eigenvalue weighted by molar-refractivity contribution is 6.00. The lowest BCUT2D eigenvalue weighted by atomic mass is 10.4. The monoisotopic (exact) mass is 108 g/mol. The van der Waals surface area contributed by atoms with Crippen molar-refractivity contribution >= 4 is 5.71 Å². The van der Waals surface area contributed by atoms with Gasteiger partial charge < -0.3 is 4.74 Å². The van der Waals surface area contributed by atoms with Gasteiger partial charge in [-0.2, -0.15) is 5.26 Å². The fraction of sp³-hybridized carbons (Fsp3) is 0.200. The predicted octanol–water partition coefficient (Wildman–Crippen LogP) is 0.452. The quantitative estimate of drug-likeness (QED) is 0.452. The predicted molar refractivity (Wildman–Crippen MR) is 28.1 cm³/mol. The summed E-state index contributed by atoms with van der Waals surface area (Å²) >= 11 is 0. The maximum absolute atomic E-state index is 8.20. The molecular formula is C5H4N2O. The average molecular weight is 108 g/mol. The second kappa shape index (κ2) is 2.12. The zero-order valence-corrected chi connectivity index (χ0v) is 4.16. The molecule has 0 aromatic rings. The smallest absolute Gasteiger partial charge is 0.155 e. The van der Waals surface area contributed by atoms with E-state index in [1.807, 2.05) is 6.07 Å². The lowest BCUT2D eigenvalue weighted by Gasteiger charge is -1.99. The van der Waals surface area contributed by atoms with Gasteiger partial charge in [0.2, 0.25) is 0 Å². The summed E-state index contributed by atoms with van der Waals surface area (Å²) in [6.07, 6.45) is 2.92. The van der Waals surface area contributed by atoms with Crippen LogP contribution in [0, 0.1) is 11.3 Å². The molecule has 0 bridgehead atoms. The topological polar surface area (TPSA) is 45.4 Å². The highest BCUT2D eigenvalue weighted by atomic mass is 16.5. The summed E-state index contributed by atoms with van der Waals surface area (Å²) in [4.78, 5) is 3.70. The molecule has 0 aromatic heterocycles. The molecule has 40 valence electrons. The van der Waals surface area contributed by atoms with Crippen LogP contribution in [-0.4, -0.2) is 12.3 Å². The van der Waals surface area contributed by atoms with Gasteiger partial charge in [-0.25, -0.2) is 4.99 Å². The molecule has 0 atom stereocenters. The van der Waals surface area contributed by atoms with Crippen molar-refractivity contribution in [3.05, 3.63) is 12.5 Å². The van der Waals surface area contributed by atoms with Crippen molar-refractivity contribution in [3.8, 4) is 6.07 Å². The van der Waals surface area contributed by atoms with Crippen LogP contribution >= 0.6 is 0 Å². The molecule has 3 heteroatoms. The van der Waals surface area contributed by atoms with Crippen LogP contribution in [0.25, 0.3) is 0 Å². The fourth-order valence-electron chi connectivity index (χ4n) is 0.389. The van der Waals surface area contributed by atoms with E-state index in [1.54, 1.807) is 0 Å². The number of ether oxygens (including phenoxy) is 1. The van der Waals surface area contributed by atoms with Gasteiger partial charge in [0.1, 0.15) is 18.9 Å². The zero-order valence-electron chi connectivity index (χ0n) is 4.16. The highest BCUT2D eigenvalue weighted by Crippen LogP contribution is 1.90. The first-order chi connectivity index (χ1) is 3.93. The van der Waals surface area contributed by atoms with E-state index in [1.165, 1.54) is 12.5 Å². The van der Waals surface area contributed by atoms with Crippen LogP contribution in [0.4, 0.5) is 0 Å². The van der Waals surface area contributed by atoms with Crippen LogP contribution in [0.5, 0.6) is 0 Å². The number of nitriles is 1. The Balaban J connectivity index is 2.67. The number of hydrogen-bond donors (Lipinski definition) is 0. The first kappa shape index (κ1) is 4.85. The lowest BCUT2D eigenvalue weighted by Crippen LogP contribution is -2.05. The van der Waals surface area contributed by atoms with Crippen LogP contribution in [0.15, 0.2) is 17.5 Å². The van der Waals surface area contributed by atoms with Crippen molar-refractivity contribution in [1.82, 2.24) is 0 Å². The van der Waals surface area contributed by atoms with Crippen molar-refractivity contribution in [3.63, 3.8) is 0 Å². The maximum Gasteiger partial charge on any atom is 0.155 e. The van der Waals surface area contributed by atoms with Crippen LogP contribution in [0.3, 0.4) is 0 Å². The van der Waals surface area contributed by atoms with Gasteiger partial charge in [-0.05, 0) is 0 Å². The van der Waals surface area contributed by atoms with Crippen LogP contribution in [-0.2, 0) is 4.74 Å². The normalized spacial score (nSPS) is 16.1. The Morgan fingerprint density at radius 1 is 1.88 bits per heavy atom. The van der Waals surface area contributed by atoms with E-state index in [4.69, 9.17) is 10.00 Å². The molecule has 0 N–H and O–H groups in total. The highest BCUT2D eigenvalue weighted by Gasteiger charge is 1.96. The third kappa shape index (κ3) is 0.850. The van der Waals surface area contributed by atoms with Gasteiger partial charge in [-0.3, -0.25) is 0 Å². The lowest BCUT2D eigenvalue weighted by molar-refractivity contribution is 0.298. The van der Waals surface area contributed by atoms with Crippen LogP contribution in [0.2, 0.25) is 0 Å². The summed E-state index contributed by atoms with van der Waals surface area (Å²) in [7, 11) is 0. The molecule has 0 saturated carbocycles. The van der Waals surface area contributed by atoms with Crippen molar-refractivity contribution in [2.45, 2.75) is 0 Å². The van der Waals surface area contributed by atoms with Gasteiger partial charge in [-0.1, -0.05) is 0 Å². The Hall–Kier alpha value is -1.30. The Kier molecular flexibility index (Phi) is 1.29. The first-order valence-electron chi connectivity index (χ1n) is 2.17. The molecule has 0 spiro atoms. The molecule has 8 heavy (non-hydrogen) atoms. The van der Waals surface area contributed by atoms with Crippen LogP contribution < -0.4 is 0 Å². The second-order valence-corrected chi connectivity index (χ2v) is 1.28. The minimum atomic E-state index is 0.312. The summed E-state index contributed by atoms with van der Waals surface area (Å²) < 4.78 is 4.74. The third-order valence-corrected chi connectivity index (χ3v) is 0.737.